The fraction of sp³-hybridized carbons (Fsp3) is 0.211. The lowest BCUT2D eigenvalue weighted by Crippen LogP contribution is -2.29. The van der Waals surface area contributed by atoms with E-state index in [1.807, 2.05) is 0 Å². The van der Waals surface area contributed by atoms with Crippen molar-refractivity contribution < 1.29 is 23.9 Å². The molecule has 1 aliphatic rings. The molecule has 0 aliphatic carbocycles. The van der Waals surface area contributed by atoms with Gasteiger partial charge < -0.3 is 14.8 Å². The van der Waals surface area contributed by atoms with Crippen LogP contribution in [0.25, 0.3) is 0 Å². The second kappa shape index (κ2) is 6.87. The van der Waals surface area contributed by atoms with Crippen molar-refractivity contribution in [2.45, 2.75) is 6.92 Å². The summed E-state index contributed by atoms with van der Waals surface area (Å²) in [7, 11) is 3.03. The third-order valence-electron chi connectivity index (χ3n) is 4.21. The van der Waals surface area contributed by atoms with E-state index in [9.17, 15) is 14.4 Å². The van der Waals surface area contributed by atoms with Gasteiger partial charge in [-0.25, -0.2) is 0 Å². The molecule has 0 spiro atoms. The summed E-state index contributed by atoms with van der Waals surface area (Å²) < 4.78 is 10.4. The van der Waals surface area contributed by atoms with Crippen LogP contribution < -0.4 is 14.8 Å². The van der Waals surface area contributed by atoms with Crippen molar-refractivity contribution in [1.29, 1.82) is 0 Å². The Kier molecular flexibility index (Phi) is 4.62. The van der Waals surface area contributed by atoms with E-state index >= 15 is 0 Å². The summed E-state index contributed by atoms with van der Waals surface area (Å²) in [6.45, 7) is 2.02. The normalized spacial score (nSPS) is 12.8. The summed E-state index contributed by atoms with van der Waals surface area (Å²) in [5, 5.41) is 2.74. The van der Waals surface area contributed by atoms with Crippen molar-refractivity contribution >= 4 is 23.4 Å². The smallest absolute Gasteiger partial charge is 0.261 e. The first-order valence-corrected chi connectivity index (χ1v) is 8.03. The van der Waals surface area contributed by atoms with Gasteiger partial charge in [-0.15, -0.1) is 0 Å². The van der Waals surface area contributed by atoms with Crippen LogP contribution in [0.1, 0.15) is 38.0 Å². The van der Waals surface area contributed by atoms with E-state index in [-0.39, 0.29) is 29.5 Å². The molecule has 0 aromatic heterocycles. The average Bonchev–Trinajstić information content (AvgIpc) is 2.91. The predicted molar refractivity (Wildman–Crippen MR) is 95.0 cm³/mol. The van der Waals surface area contributed by atoms with Crippen molar-refractivity contribution in [1.82, 2.24) is 4.90 Å². The van der Waals surface area contributed by atoms with E-state index in [1.165, 1.54) is 32.4 Å². The molecule has 2 aromatic rings. The van der Waals surface area contributed by atoms with E-state index in [0.29, 0.717) is 22.7 Å². The molecule has 26 heavy (non-hydrogen) atoms. The Balaban J connectivity index is 1.88. The summed E-state index contributed by atoms with van der Waals surface area (Å²) in [5.41, 5.74) is 1.30. The Morgan fingerprint density at radius 1 is 1.00 bits per heavy atom. The van der Waals surface area contributed by atoms with Crippen LogP contribution in [-0.2, 0) is 0 Å². The lowest BCUT2D eigenvalue weighted by molar-refractivity contribution is 0.0662. The standard InChI is InChI=1S/C19H18N2O5/c1-4-21-18(23)13-7-5-11(9-14(13)19(21)24)17(22)20-15-8-6-12(25-2)10-16(15)26-3/h5-10H,4H2,1-3H3,(H,20,22). The number of rotatable bonds is 5. The monoisotopic (exact) mass is 354 g/mol. The number of amides is 3. The third kappa shape index (κ3) is 2.88. The fourth-order valence-corrected chi connectivity index (χ4v) is 2.82. The number of nitrogens with zero attached hydrogens (tertiary/aromatic N) is 1. The van der Waals surface area contributed by atoms with E-state index in [2.05, 4.69) is 5.32 Å². The second-order valence-electron chi connectivity index (χ2n) is 5.64. The molecule has 1 N–H and O–H groups in total. The first kappa shape index (κ1) is 17.5. The molecule has 0 atom stereocenters. The molecular weight excluding hydrogens is 336 g/mol. The number of carbonyl (C=O) groups excluding carboxylic acids is 3. The lowest BCUT2D eigenvalue weighted by Gasteiger charge is -2.12. The van der Waals surface area contributed by atoms with Crippen LogP contribution in [0.4, 0.5) is 5.69 Å². The molecule has 7 nitrogen and oxygen atoms in total. The van der Waals surface area contributed by atoms with Crippen molar-refractivity contribution in [3.05, 3.63) is 53.1 Å². The van der Waals surface area contributed by atoms with Crippen LogP contribution in [-0.4, -0.2) is 43.4 Å². The van der Waals surface area contributed by atoms with Crippen LogP contribution >= 0.6 is 0 Å². The summed E-state index contributed by atoms with van der Waals surface area (Å²) in [6.07, 6.45) is 0. The molecule has 1 aliphatic heterocycles. The number of methoxy groups -OCH3 is 2. The predicted octanol–water partition coefficient (Wildman–Crippen LogP) is 2.57. The van der Waals surface area contributed by atoms with Crippen molar-refractivity contribution in [2.24, 2.45) is 0 Å². The van der Waals surface area contributed by atoms with Crippen LogP contribution in [0.2, 0.25) is 0 Å². The quantitative estimate of drug-likeness (QED) is 0.834. The Labute approximate surface area is 150 Å². The van der Waals surface area contributed by atoms with Crippen LogP contribution in [0, 0.1) is 0 Å². The molecule has 0 bridgehead atoms. The highest BCUT2D eigenvalue weighted by molar-refractivity contribution is 6.22. The molecule has 7 heteroatoms. The van der Waals surface area contributed by atoms with Crippen molar-refractivity contribution in [2.75, 3.05) is 26.1 Å². The van der Waals surface area contributed by atoms with E-state index < -0.39 is 5.91 Å². The largest absolute Gasteiger partial charge is 0.497 e. The number of carbonyl (C=O) groups is 3. The van der Waals surface area contributed by atoms with Gasteiger partial charge in [0.25, 0.3) is 17.7 Å². The molecule has 0 radical (unpaired) electrons. The van der Waals surface area contributed by atoms with Gasteiger partial charge in [0.05, 0.1) is 31.0 Å². The third-order valence-corrected chi connectivity index (χ3v) is 4.21. The molecule has 2 aromatic carbocycles. The van der Waals surface area contributed by atoms with Gasteiger partial charge >= 0.3 is 0 Å². The van der Waals surface area contributed by atoms with Crippen LogP contribution in [0.15, 0.2) is 36.4 Å². The summed E-state index contributed by atoms with van der Waals surface area (Å²) in [5.74, 6) is -0.0876. The fourth-order valence-electron chi connectivity index (χ4n) is 2.82. The Hall–Kier alpha value is -3.35. The minimum Gasteiger partial charge on any atom is -0.497 e. The Morgan fingerprint density at radius 2 is 1.73 bits per heavy atom. The number of hydrogen-bond acceptors (Lipinski definition) is 5. The van der Waals surface area contributed by atoms with Gasteiger partial charge in [-0.2, -0.15) is 0 Å². The maximum Gasteiger partial charge on any atom is 0.261 e. The SMILES string of the molecule is CCN1C(=O)c2ccc(C(=O)Nc3ccc(OC)cc3OC)cc2C1=O. The molecule has 3 rings (SSSR count). The molecule has 0 saturated heterocycles. The highest BCUT2D eigenvalue weighted by atomic mass is 16.5. The molecule has 1 heterocycles. The number of ether oxygens (including phenoxy) is 2. The number of benzene rings is 2. The zero-order valence-corrected chi connectivity index (χ0v) is 14.7. The first-order valence-electron chi connectivity index (χ1n) is 8.03. The van der Waals surface area contributed by atoms with E-state index in [1.54, 1.807) is 25.1 Å². The van der Waals surface area contributed by atoms with E-state index in [0.717, 1.165) is 4.90 Å². The molecular formula is C19H18N2O5. The summed E-state index contributed by atoms with van der Waals surface area (Å²) >= 11 is 0. The highest BCUT2D eigenvalue weighted by Crippen LogP contribution is 2.30. The van der Waals surface area contributed by atoms with Gasteiger partial charge in [0.15, 0.2) is 0 Å². The minimum atomic E-state index is -0.411. The summed E-state index contributed by atoms with van der Waals surface area (Å²) in [6, 6.07) is 9.48. The summed E-state index contributed by atoms with van der Waals surface area (Å²) in [4.78, 5) is 38.1. The molecule has 3 amide bonds. The van der Waals surface area contributed by atoms with Gasteiger partial charge in [-0.1, -0.05) is 0 Å². The van der Waals surface area contributed by atoms with Gasteiger partial charge in [0.2, 0.25) is 0 Å². The maximum atomic E-state index is 12.6. The van der Waals surface area contributed by atoms with E-state index in [4.69, 9.17) is 9.47 Å². The maximum absolute atomic E-state index is 12.6. The highest BCUT2D eigenvalue weighted by Gasteiger charge is 2.34. The topological polar surface area (TPSA) is 84.9 Å². The zero-order valence-electron chi connectivity index (χ0n) is 14.7. The molecule has 134 valence electrons. The van der Waals surface area contributed by atoms with Gasteiger partial charge in [-0.3, -0.25) is 19.3 Å². The Morgan fingerprint density at radius 3 is 2.38 bits per heavy atom. The zero-order chi connectivity index (χ0) is 18.8. The number of imide groups is 1. The van der Waals surface area contributed by atoms with Gasteiger partial charge in [0, 0.05) is 18.2 Å². The van der Waals surface area contributed by atoms with Crippen molar-refractivity contribution in [3.8, 4) is 11.5 Å². The van der Waals surface area contributed by atoms with Crippen LogP contribution in [0.3, 0.4) is 0 Å². The number of nitrogens with one attached hydrogen (secondary N) is 1. The van der Waals surface area contributed by atoms with Crippen LogP contribution in [0.5, 0.6) is 11.5 Å². The van der Waals surface area contributed by atoms with Gasteiger partial charge in [-0.05, 0) is 37.3 Å². The number of anilines is 1. The number of fused-ring (bicyclic) bond motifs is 1. The lowest BCUT2D eigenvalue weighted by atomic mass is 10.1. The number of hydrogen-bond donors (Lipinski definition) is 1. The molecule has 0 unspecified atom stereocenters. The molecule has 0 fully saturated rings. The molecule has 0 saturated carbocycles. The minimum absolute atomic E-state index is 0.242. The Bertz CT molecular complexity index is 907. The van der Waals surface area contributed by atoms with Crippen molar-refractivity contribution in [3.63, 3.8) is 0 Å². The second-order valence-corrected chi connectivity index (χ2v) is 5.64. The average molecular weight is 354 g/mol. The first-order chi connectivity index (χ1) is 12.5. The van der Waals surface area contributed by atoms with Gasteiger partial charge in [0.1, 0.15) is 11.5 Å².